The number of benzene rings is 6. The lowest BCUT2D eigenvalue weighted by atomic mass is 10.1. The van der Waals surface area contributed by atoms with Crippen molar-refractivity contribution in [1.29, 1.82) is 0 Å². The lowest BCUT2D eigenvalue weighted by molar-refractivity contribution is -0.119. The first-order chi connectivity index (χ1) is 34.1. The maximum absolute atomic E-state index is 13.1. The van der Waals surface area contributed by atoms with Crippen LogP contribution in [-0.2, 0) is 28.0 Å². The van der Waals surface area contributed by atoms with Crippen molar-refractivity contribution >= 4 is 39.1 Å². The molecule has 0 aliphatic rings. The van der Waals surface area contributed by atoms with E-state index >= 15 is 0 Å². The number of nitrogens with one attached hydrogen (secondary N) is 3. The van der Waals surface area contributed by atoms with Crippen LogP contribution in [0.3, 0.4) is 0 Å². The van der Waals surface area contributed by atoms with Crippen LogP contribution in [0.5, 0.6) is 11.5 Å². The summed E-state index contributed by atoms with van der Waals surface area (Å²) in [5.41, 5.74) is 4.91. The second kappa shape index (κ2) is 30.5. The second-order valence-corrected chi connectivity index (χ2v) is 18.8. The number of rotatable bonds is 27. The highest BCUT2D eigenvalue weighted by molar-refractivity contribution is 7.90. The molecule has 11 heteroatoms. The molecule has 10 nitrogen and oxygen atoms in total. The molecule has 70 heavy (non-hydrogen) atoms. The minimum atomic E-state index is -4.18. The lowest BCUT2D eigenvalue weighted by Crippen LogP contribution is -2.31. The summed E-state index contributed by atoms with van der Waals surface area (Å²) in [5.74, 6) is 0.000479. The Bertz CT molecular complexity index is 2650. The molecule has 368 valence electrons. The Hall–Kier alpha value is -6.98. The number of allylic oxidation sites excluding steroid dienone is 2. The molecule has 6 aromatic carbocycles. The van der Waals surface area contributed by atoms with Gasteiger partial charge in [-0.25, -0.2) is 13.1 Å². The molecule has 0 aliphatic heterocycles. The van der Waals surface area contributed by atoms with Crippen LogP contribution in [0.1, 0.15) is 134 Å². The fourth-order valence-corrected chi connectivity index (χ4v) is 8.63. The van der Waals surface area contributed by atoms with Gasteiger partial charge in [0.1, 0.15) is 29.6 Å². The van der Waals surface area contributed by atoms with Gasteiger partial charge in [0.25, 0.3) is 21.8 Å². The average Bonchev–Trinajstić information content (AvgIpc) is 3.38. The molecule has 0 heterocycles. The number of sulfonamides is 1. The van der Waals surface area contributed by atoms with Crippen LogP contribution in [0.4, 0.5) is 11.4 Å². The third-order valence-corrected chi connectivity index (χ3v) is 12.9. The molecule has 0 fully saturated rings. The highest BCUT2D eigenvalue weighted by Crippen LogP contribution is 2.24. The number of hydrogen-bond donors (Lipinski definition) is 3. The van der Waals surface area contributed by atoms with E-state index in [1.54, 1.807) is 48.5 Å². The maximum Gasteiger partial charge on any atom is 0.266 e. The minimum Gasteiger partial charge on any atom is -0.489 e. The first-order valence-electron chi connectivity index (χ1n) is 24.6. The first-order valence-corrected chi connectivity index (χ1v) is 26.1. The number of ether oxygens (including phenoxy) is 2. The molecule has 0 bridgehead atoms. The Labute approximate surface area is 416 Å². The summed E-state index contributed by atoms with van der Waals surface area (Å²) in [6.07, 6.45) is 19.6. The van der Waals surface area contributed by atoms with Crippen molar-refractivity contribution in [3.05, 3.63) is 198 Å². The van der Waals surface area contributed by atoms with E-state index in [1.165, 1.54) is 57.1 Å². The predicted molar refractivity (Wildman–Crippen MR) is 283 cm³/mol. The van der Waals surface area contributed by atoms with Crippen molar-refractivity contribution in [3.63, 3.8) is 0 Å². The molecule has 0 spiro atoms. The van der Waals surface area contributed by atoms with Crippen LogP contribution in [0.25, 0.3) is 0 Å². The normalized spacial score (nSPS) is 11.0. The van der Waals surface area contributed by atoms with Crippen LogP contribution >= 0.6 is 0 Å². The SMILES string of the molecule is CCCCCCCC/C=C\CCCCCCCC(=O)NS(=O)(=O)c1ccccc1NC(=O)c1cccc(OCc2ccccc2)c1.Cc1ccccc1NC(=O)c1cccc(OCc2ccccc2)c1. The van der Waals surface area contributed by atoms with Gasteiger partial charge in [-0.3, -0.25) is 14.4 Å². The standard InChI is InChI=1S/C38H50N2O5S.C21H19NO2/c1-2-3-4-5-6-7-8-9-10-11-12-13-14-15-19-29-37(41)40-46(43,44)36-28-21-20-27-35(36)39-38(42)33-25-22-26-34(30-33)45-31-32-23-17-16-18-24-32;1-16-8-5-6-13-20(16)22-21(23)18-11-7-12-19(14-18)24-15-17-9-3-2-4-10-17/h9-10,16-18,20-28,30H,2-8,11-15,19,29,31H2,1H3,(H,39,42)(H,40,41);2-14H,15H2,1H3,(H,22,23)/b10-9-;. The molecule has 0 saturated carbocycles. The lowest BCUT2D eigenvalue weighted by Gasteiger charge is -2.13. The Morgan fingerprint density at radius 1 is 0.500 bits per heavy atom. The van der Waals surface area contributed by atoms with Gasteiger partial charge in [-0.1, -0.05) is 174 Å². The van der Waals surface area contributed by atoms with Gasteiger partial charge < -0.3 is 20.1 Å². The summed E-state index contributed by atoms with van der Waals surface area (Å²) in [5, 5.41) is 5.61. The predicted octanol–water partition coefficient (Wildman–Crippen LogP) is 14.2. The Kier molecular flexibility index (Phi) is 23.5. The summed E-state index contributed by atoms with van der Waals surface area (Å²) in [6.45, 7) is 5.04. The van der Waals surface area contributed by atoms with Crippen LogP contribution in [0.15, 0.2) is 175 Å². The zero-order valence-electron chi connectivity index (χ0n) is 40.7. The van der Waals surface area contributed by atoms with E-state index in [4.69, 9.17) is 9.47 Å². The van der Waals surface area contributed by atoms with Crippen LogP contribution in [0, 0.1) is 6.92 Å². The number of anilines is 2. The Balaban J connectivity index is 0.000000316. The molecule has 0 unspecified atom stereocenters. The second-order valence-electron chi connectivity index (χ2n) is 17.2. The molecule has 6 aromatic rings. The third kappa shape index (κ3) is 19.9. The summed E-state index contributed by atoms with van der Waals surface area (Å²) in [7, 11) is -4.18. The molecule has 3 amide bonds. The minimum absolute atomic E-state index is 0.0874. The maximum atomic E-state index is 13.1. The zero-order chi connectivity index (χ0) is 49.7. The van der Waals surface area contributed by atoms with E-state index in [9.17, 15) is 22.8 Å². The van der Waals surface area contributed by atoms with Crippen LogP contribution < -0.4 is 24.8 Å². The monoisotopic (exact) mass is 963 g/mol. The highest BCUT2D eigenvalue weighted by Gasteiger charge is 2.22. The fourth-order valence-electron chi connectivity index (χ4n) is 7.45. The van der Waals surface area contributed by atoms with Crippen molar-refractivity contribution in [2.75, 3.05) is 10.6 Å². The number of para-hydroxylation sites is 2. The van der Waals surface area contributed by atoms with Gasteiger partial charge in [-0.2, -0.15) is 0 Å². The van der Waals surface area contributed by atoms with Crippen molar-refractivity contribution in [2.45, 2.75) is 122 Å². The summed E-state index contributed by atoms with van der Waals surface area (Å²) < 4.78 is 40.0. The molecule has 0 saturated heterocycles. The van der Waals surface area contributed by atoms with Crippen molar-refractivity contribution in [2.24, 2.45) is 0 Å². The smallest absolute Gasteiger partial charge is 0.266 e. The highest BCUT2D eigenvalue weighted by atomic mass is 32.2. The molecule has 0 radical (unpaired) electrons. The van der Waals surface area contributed by atoms with Gasteiger partial charge in [-0.15, -0.1) is 0 Å². The van der Waals surface area contributed by atoms with Gasteiger partial charge in [-0.05, 0) is 110 Å². The van der Waals surface area contributed by atoms with E-state index in [-0.39, 0.29) is 22.9 Å². The van der Waals surface area contributed by atoms with Crippen molar-refractivity contribution < 1.29 is 32.3 Å². The largest absolute Gasteiger partial charge is 0.489 e. The quantitative estimate of drug-likeness (QED) is 0.0345. The number of amides is 3. The van der Waals surface area contributed by atoms with E-state index in [0.717, 1.165) is 54.5 Å². The average molecular weight is 964 g/mol. The molecule has 0 aliphatic carbocycles. The Morgan fingerprint density at radius 3 is 1.50 bits per heavy atom. The number of hydrogen-bond acceptors (Lipinski definition) is 7. The van der Waals surface area contributed by atoms with Gasteiger partial charge in [0.15, 0.2) is 0 Å². The van der Waals surface area contributed by atoms with Crippen LogP contribution in [-0.4, -0.2) is 26.1 Å². The first kappa shape index (κ1) is 54.0. The fraction of sp³-hybridized carbons (Fsp3) is 0.305. The summed E-state index contributed by atoms with van der Waals surface area (Å²) in [4.78, 5) is 37.8. The van der Waals surface area contributed by atoms with E-state index < -0.39 is 21.8 Å². The number of aryl methyl sites for hydroxylation is 1. The summed E-state index contributed by atoms with van der Waals surface area (Å²) >= 11 is 0. The topological polar surface area (TPSA) is 140 Å². The van der Waals surface area contributed by atoms with E-state index in [0.29, 0.717) is 42.3 Å². The molecule has 0 aromatic heterocycles. The zero-order valence-corrected chi connectivity index (χ0v) is 41.6. The Morgan fingerprint density at radius 2 is 0.957 bits per heavy atom. The summed E-state index contributed by atoms with van der Waals surface area (Å²) in [6, 6.07) is 47.3. The van der Waals surface area contributed by atoms with Gasteiger partial charge in [0.05, 0.1) is 5.69 Å². The third-order valence-electron chi connectivity index (χ3n) is 11.4. The van der Waals surface area contributed by atoms with Gasteiger partial charge >= 0.3 is 0 Å². The molecule has 6 rings (SSSR count). The number of carbonyl (C=O) groups excluding carboxylic acids is 3. The molecular weight excluding hydrogens is 895 g/mol. The molecule has 3 N–H and O–H groups in total. The molecular formula is C59H69N3O7S. The number of carbonyl (C=O) groups is 3. The van der Waals surface area contributed by atoms with E-state index in [2.05, 4.69) is 34.4 Å². The van der Waals surface area contributed by atoms with E-state index in [1.807, 2.05) is 104 Å². The van der Waals surface area contributed by atoms with Gasteiger partial charge in [0.2, 0.25) is 5.91 Å². The van der Waals surface area contributed by atoms with Gasteiger partial charge in [0, 0.05) is 23.2 Å². The number of unbranched alkanes of at least 4 members (excludes halogenated alkanes) is 11. The van der Waals surface area contributed by atoms with Crippen molar-refractivity contribution in [1.82, 2.24) is 4.72 Å². The van der Waals surface area contributed by atoms with Crippen LogP contribution in [0.2, 0.25) is 0 Å². The van der Waals surface area contributed by atoms with Crippen molar-refractivity contribution in [3.8, 4) is 11.5 Å². The molecule has 0 atom stereocenters.